The predicted molar refractivity (Wildman–Crippen MR) is 83.3 cm³/mol. The second-order valence-electron chi connectivity index (χ2n) is 4.80. The number of rotatable bonds is 6. The van der Waals surface area contributed by atoms with Crippen molar-refractivity contribution in [2.24, 2.45) is 0 Å². The Bertz CT molecular complexity index is 791. The number of halogens is 2. The highest BCUT2D eigenvalue weighted by molar-refractivity contribution is 7.89. The SMILES string of the molecule is O=C(O)[C@@H](Cc1ccc(Cl)cc1)NS(=O)(=O)c1ccc(F)cc1. The number of nitrogens with one attached hydrogen (secondary N) is 1. The van der Waals surface area contributed by atoms with Gasteiger partial charge in [0.05, 0.1) is 4.90 Å². The van der Waals surface area contributed by atoms with E-state index in [1.165, 1.54) is 0 Å². The zero-order chi connectivity index (χ0) is 17.0. The number of carboxylic acids is 1. The molecule has 8 heteroatoms. The van der Waals surface area contributed by atoms with Crippen LogP contribution in [0.5, 0.6) is 0 Å². The molecule has 0 spiro atoms. The maximum atomic E-state index is 12.9. The van der Waals surface area contributed by atoms with E-state index in [0.717, 1.165) is 24.3 Å². The van der Waals surface area contributed by atoms with E-state index in [0.29, 0.717) is 10.6 Å². The fraction of sp³-hybridized carbons (Fsp3) is 0.133. The van der Waals surface area contributed by atoms with Gasteiger partial charge in [-0.15, -0.1) is 0 Å². The topological polar surface area (TPSA) is 83.5 Å². The van der Waals surface area contributed by atoms with Crippen molar-refractivity contribution in [2.75, 3.05) is 0 Å². The van der Waals surface area contributed by atoms with Gasteiger partial charge < -0.3 is 5.11 Å². The summed E-state index contributed by atoms with van der Waals surface area (Å²) in [4.78, 5) is 11.1. The minimum atomic E-state index is -4.07. The van der Waals surface area contributed by atoms with E-state index in [9.17, 15) is 22.7 Å². The van der Waals surface area contributed by atoms with Crippen molar-refractivity contribution in [2.45, 2.75) is 17.4 Å². The van der Waals surface area contributed by atoms with Crippen LogP contribution in [0, 0.1) is 5.82 Å². The molecule has 2 N–H and O–H groups in total. The Morgan fingerprint density at radius 2 is 1.70 bits per heavy atom. The molecule has 0 saturated carbocycles. The molecule has 5 nitrogen and oxygen atoms in total. The molecule has 2 rings (SSSR count). The first-order valence-corrected chi connectivity index (χ1v) is 8.39. The minimum Gasteiger partial charge on any atom is -0.480 e. The van der Waals surface area contributed by atoms with Crippen LogP contribution >= 0.6 is 11.6 Å². The molecule has 0 aromatic heterocycles. The van der Waals surface area contributed by atoms with Crippen LogP contribution in [0.1, 0.15) is 5.56 Å². The number of benzene rings is 2. The summed E-state index contributed by atoms with van der Waals surface area (Å²) in [6.07, 6.45) is -0.0487. The predicted octanol–water partition coefficient (Wildman–Crippen LogP) is 2.45. The standard InChI is InChI=1S/C15H13ClFNO4S/c16-11-3-1-10(2-4-11)9-14(15(19)20)18-23(21,22)13-7-5-12(17)6-8-13/h1-8,14,18H,9H2,(H,19,20)/t14-/m1/s1. The second-order valence-corrected chi connectivity index (χ2v) is 6.95. The van der Waals surface area contributed by atoms with E-state index < -0.39 is 27.9 Å². The molecule has 0 amide bonds. The molecule has 0 radical (unpaired) electrons. The molecule has 0 fully saturated rings. The molecule has 122 valence electrons. The lowest BCUT2D eigenvalue weighted by molar-refractivity contribution is -0.138. The molecule has 0 aliphatic heterocycles. The van der Waals surface area contributed by atoms with Gasteiger partial charge in [-0.25, -0.2) is 12.8 Å². The van der Waals surface area contributed by atoms with E-state index in [-0.39, 0.29) is 11.3 Å². The maximum Gasteiger partial charge on any atom is 0.322 e. The Kier molecular flexibility index (Phi) is 5.35. The number of hydrogen-bond donors (Lipinski definition) is 2. The molecule has 0 bridgehead atoms. The maximum absolute atomic E-state index is 12.9. The molecule has 0 unspecified atom stereocenters. The monoisotopic (exact) mass is 357 g/mol. The van der Waals surface area contributed by atoms with Gasteiger partial charge in [0, 0.05) is 5.02 Å². The fourth-order valence-corrected chi connectivity index (χ4v) is 3.22. The smallest absolute Gasteiger partial charge is 0.322 e. The number of sulfonamides is 1. The average molecular weight is 358 g/mol. The third-order valence-electron chi connectivity index (χ3n) is 3.07. The molecule has 0 heterocycles. The van der Waals surface area contributed by atoms with E-state index in [2.05, 4.69) is 4.72 Å². The summed E-state index contributed by atoms with van der Waals surface area (Å²) < 4.78 is 39.3. The van der Waals surface area contributed by atoms with Crippen LogP contribution in [0.4, 0.5) is 4.39 Å². The van der Waals surface area contributed by atoms with Crippen LogP contribution in [0.25, 0.3) is 0 Å². The van der Waals surface area contributed by atoms with E-state index in [1.54, 1.807) is 24.3 Å². The van der Waals surface area contributed by atoms with Gasteiger partial charge >= 0.3 is 5.97 Å². The average Bonchev–Trinajstić information content (AvgIpc) is 2.49. The molecule has 1 atom stereocenters. The largest absolute Gasteiger partial charge is 0.480 e. The lowest BCUT2D eigenvalue weighted by Crippen LogP contribution is -2.42. The third kappa shape index (κ3) is 4.75. The van der Waals surface area contributed by atoms with Crippen LogP contribution in [0.3, 0.4) is 0 Å². The molecule has 0 aliphatic rings. The van der Waals surface area contributed by atoms with Crippen molar-refractivity contribution < 1.29 is 22.7 Å². The van der Waals surface area contributed by atoms with Crippen LogP contribution in [0.2, 0.25) is 5.02 Å². The van der Waals surface area contributed by atoms with Gasteiger partial charge in [0.2, 0.25) is 10.0 Å². The van der Waals surface area contributed by atoms with Gasteiger partial charge in [0.1, 0.15) is 11.9 Å². The molecule has 23 heavy (non-hydrogen) atoms. The Morgan fingerprint density at radius 3 is 2.22 bits per heavy atom. The van der Waals surface area contributed by atoms with Crippen LogP contribution in [0.15, 0.2) is 53.4 Å². The second kappa shape index (κ2) is 7.08. The highest BCUT2D eigenvalue weighted by Gasteiger charge is 2.25. The summed E-state index contributed by atoms with van der Waals surface area (Å²) in [7, 11) is -4.07. The summed E-state index contributed by atoms with van der Waals surface area (Å²) in [5, 5.41) is 9.72. The van der Waals surface area contributed by atoms with Crippen molar-refractivity contribution in [3.63, 3.8) is 0 Å². The zero-order valence-corrected chi connectivity index (χ0v) is 13.3. The first-order chi connectivity index (χ1) is 10.8. The minimum absolute atomic E-state index is 0.0487. The van der Waals surface area contributed by atoms with E-state index in [4.69, 9.17) is 11.6 Å². The van der Waals surface area contributed by atoms with Gasteiger partial charge in [-0.3, -0.25) is 4.79 Å². The molecule has 0 saturated heterocycles. The Labute approximate surface area is 137 Å². The van der Waals surface area contributed by atoms with Crippen molar-refractivity contribution in [3.05, 3.63) is 64.9 Å². The molecular weight excluding hydrogens is 345 g/mol. The first kappa shape index (κ1) is 17.4. The Balaban J connectivity index is 2.20. The summed E-state index contributed by atoms with van der Waals surface area (Å²) in [5.74, 6) is -1.90. The molecule has 0 aliphatic carbocycles. The Hall–Kier alpha value is -1.96. The summed E-state index contributed by atoms with van der Waals surface area (Å²) in [6, 6.07) is 9.17. The summed E-state index contributed by atoms with van der Waals surface area (Å²) in [5.41, 5.74) is 0.614. The highest BCUT2D eigenvalue weighted by atomic mass is 35.5. The normalized spacial score (nSPS) is 12.8. The van der Waals surface area contributed by atoms with Crippen LogP contribution in [-0.4, -0.2) is 25.5 Å². The number of carboxylic acid groups (broad SMARTS) is 1. The van der Waals surface area contributed by atoms with E-state index in [1.807, 2.05) is 0 Å². The van der Waals surface area contributed by atoms with Crippen molar-refractivity contribution in [1.29, 1.82) is 0 Å². The first-order valence-electron chi connectivity index (χ1n) is 6.53. The van der Waals surface area contributed by atoms with Gasteiger partial charge in [-0.2, -0.15) is 4.72 Å². The van der Waals surface area contributed by atoms with Crippen LogP contribution < -0.4 is 4.72 Å². The van der Waals surface area contributed by atoms with E-state index >= 15 is 0 Å². The fourth-order valence-electron chi connectivity index (χ4n) is 1.90. The lowest BCUT2D eigenvalue weighted by atomic mass is 10.1. The van der Waals surface area contributed by atoms with Crippen molar-refractivity contribution in [3.8, 4) is 0 Å². The molecule has 2 aromatic carbocycles. The van der Waals surface area contributed by atoms with Gasteiger partial charge in [0.25, 0.3) is 0 Å². The van der Waals surface area contributed by atoms with Gasteiger partial charge in [-0.05, 0) is 48.4 Å². The molecular formula is C15H13ClFNO4S. The number of carbonyl (C=O) groups is 1. The highest BCUT2D eigenvalue weighted by Crippen LogP contribution is 2.14. The number of hydrogen-bond acceptors (Lipinski definition) is 3. The lowest BCUT2D eigenvalue weighted by Gasteiger charge is -2.15. The van der Waals surface area contributed by atoms with Crippen molar-refractivity contribution >= 4 is 27.6 Å². The Morgan fingerprint density at radius 1 is 1.13 bits per heavy atom. The quantitative estimate of drug-likeness (QED) is 0.831. The molecule has 2 aromatic rings. The number of aliphatic carboxylic acids is 1. The summed E-state index contributed by atoms with van der Waals surface area (Å²) >= 11 is 5.75. The van der Waals surface area contributed by atoms with Crippen LogP contribution in [-0.2, 0) is 21.2 Å². The summed E-state index contributed by atoms with van der Waals surface area (Å²) in [6.45, 7) is 0. The third-order valence-corrected chi connectivity index (χ3v) is 4.81. The van der Waals surface area contributed by atoms with Crippen molar-refractivity contribution in [1.82, 2.24) is 4.72 Å². The zero-order valence-electron chi connectivity index (χ0n) is 11.7. The van der Waals surface area contributed by atoms with Gasteiger partial charge in [-0.1, -0.05) is 23.7 Å². The van der Waals surface area contributed by atoms with Gasteiger partial charge in [0.15, 0.2) is 0 Å².